The molecule has 0 spiro atoms. The van der Waals surface area contributed by atoms with Crippen molar-refractivity contribution in [3.05, 3.63) is 71.8 Å². The molecule has 3 aromatic rings. The Morgan fingerprint density at radius 1 is 1.07 bits per heavy atom. The van der Waals surface area contributed by atoms with E-state index in [1.807, 2.05) is 12.1 Å². The number of halogens is 3. The van der Waals surface area contributed by atoms with Crippen LogP contribution >= 0.6 is 0 Å². The molecule has 0 aliphatic carbocycles. The zero-order valence-corrected chi connectivity index (χ0v) is 14.9. The van der Waals surface area contributed by atoms with Crippen LogP contribution < -0.4 is 4.74 Å². The van der Waals surface area contributed by atoms with Gasteiger partial charge in [0.05, 0.1) is 5.69 Å². The summed E-state index contributed by atoms with van der Waals surface area (Å²) in [4.78, 5) is 15.1. The molecule has 5 nitrogen and oxygen atoms in total. The van der Waals surface area contributed by atoms with Crippen LogP contribution in [0.5, 0.6) is 5.75 Å². The van der Waals surface area contributed by atoms with Crippen molar-refractivity contribution in [2.75, 3.05) is 6.54 Å². The van der Waals surface area contributed by atoms with Crippen molar-refractivity contribution in [2.45, 2.75) is 25.9 Å². The van der Waals surface area contributed by atoms with Crippen molar-refractivity contribution in [3.63, 3.8) is 0 Å². The lowest BCUT2D eigenvalue weighted by atomic mass is 10.1. The first kappa shape index (κ1) is 18.4. The smallest absolute Gasteiger partial charge is 0.405 e. The van der Waals surface area contributed by atoms with Crippen LogP contribution in [0.15, 0.2) is 55.0 Å². The van der Waals surface area contributed by atoms with Crippen LogP contribution in [0.2, 0.25) is 0 Å². The fourth-order valence-corrected chi connectivity index (χ4v) is 3.25. The highest BCUT2D eigenvalue weighted by Gasteiger charge is 2.32. The standard InChI is InChI=1S/C20H17F3N4O/c21-20(22,23)28-18-4-2-1-3-15(18)12-27-10-7-17-16(13-27)11-25-19(26-17)14-5-8-24-9-6-14/h1-6,8-9,11H,7,10,12-13H2. The number of fused-ring (bicyclic) bond motifs is 1. The quantitative estimate of drug-likeness (QED) is 0.679. The van der Waals surface area contributed by atoms with E-state index in [0.717, 1.165) is 16.8 Å². The summed E-state index contributed by atoms with van der Waals surface area (Å²) in [6.45, 7) is 1.63. The van der Waals surface area contributed by atoms with E-state index < -0.39 is 6.36 Å². The monoisotopic (exact) mass is 386 g/mol. The Hall–Kier alpha value is -3.00. The fraction of sp³-hybridized carbons (Fsp3) is 0.250. The maximum atomic E-state index is 12.6. The van der Waals surface area contributed by atoms with Crippen LogP contribution in [-0.4, -0.2) is 32.8 Å². The molecule has 0 radical (unpaired) electrons. The summed E-state index contributed by atoms with van der Waals surface area (Å²) in [6.07, 6.45) is 1.18. The number of hydrogen-bond acceptors (Lipinski definition) is 5. The number of alkyl halides is 3. The van der Waals surface area contributed by atoms with Crippen LogP contribution in [0.3, 0.4) is 0 Å². The lowest BCUT2D eigenvalue weighted by Crippen LogP contribution is -2.31. The van der Waals surface area contributed by atoms with Gasteiger partial charge in [0.2, 0.25) is 0 Å². The lowest BCUT2D eigenvalue weighted by Gasteiger charge is -2.28. The van der Waals surface area contributed by atoms with Gasteiger partial charge in [0.1, 0.15) is 5.75 Å². The first-order valence-corrected chi connectivity index (χ1v) is 8.79. The van der Waals surface area contributed by atoms with Gasteiger partial charge in [-0.25, -0.2) is 9.97 Å². The van der Waals surface area contributed by atoms with Crippen LogP contribution in [0.1, 0.15) is 16.8 Å². The van der Waals surface area contributed by atoms with Crippen molar-refractivity contribution in [1.82, 2.24) is 19.9 Å². The van der Waals surface area contributed by atoms with Crippen LogP contribution in [0.25, 0.3) is 11.4 Å². The molecule has 0 N–H and O–H groups in total. The molecule has 2 aromatic heterocycles. The van der Waals surface area contributed by atoms with Crippen molar-refractivity contribution in [1.29, 1.82) is 0 Å². The van der Waals surface area contributed by atoms with E-state index in [-0.39, 0.29) is 5.75 Å². The number of para-hydroxylation sites is 1. The second kappa shape index (κ2) is 7.55. The predicted octanol–water partition coefficient (Wildman–Crippen LogP) is 4.00. The molecular weight excluding hydrogens is 369 g/mol. The molecule has 0 saturated heterocycles. The summed E-state index contributed by atoms with van der Waals surface area (Å²) >= 11 is 0. The SMILES string of the molecule is FC(F)(F)Oc1ccccc1CN1CCc2nc(-c3ccncc3)ncc2C1. The van der Waals surface area contributed by atoms with Crippen molar-refractivity contribution in [2.24, 2.45) is 0 Å². The van der Waals surface area contributed by atoms with Gasteiger partial charge in [0.15, 0.2) is 5.82 Å². The van der Waals surface area contributed by atoms with Gasteiger partial charge in [-0.1, -0.05) is 18.2 Å². The molecule has 3 heterocycles. The number of rotatable bonds is 4. The Balaban J connectivity index is 1.50. The molecular formula is C20H17F3N4O. The molecule has 144 valence electrons. The molecule has 28 heavy (non-hydrogen) atoms. The number of pyridine rings is 1. The second-order valence-electron chi connectivity index (χ2n) is 6.52. The topological polar surface area (TPSA) is 51.1 Å². The summed E-state index contributed by atoms with van der Waals surface area (Å²) < 4.78 is 42.0. The maximum absolute atomic E-state index is 12.6. The lowest BCUT2D eigenvalue weighted by molar-refractivity contribution is -0.275. The molecule has 0 unspecified atom stereocenters. The second-order valence-corrected chi connectivity index (χ2v) is 6.52. The van der Waals surface area contributed by atoms with E-state index >= 15 is 0 Å². The highest BCUT2D eigenvalue weighted by atomic mass is 19.4. The molecule has 0 amide bonds. The number of ether oxygens (including phenoxy) is 1. The molecule has 8 heteroatoms. The Bertz CT molecular complexity index is 963. The number of benzene rings is 1. The van der Waals surface area contributed by atoms with Gasteiger partial charge in [-0.3, -0.25) is 9.88 Å². The molecule has 1 aliphatic rings. The highest BCUT2D eigenvalue weighted by molar-refractivity contribution is 5.54. The molecule has 0 fully saturated rings. The first-order valence-electron chi connectivity index (χ1n) is 8.79. The Morgan fingerprint density at radius 2 is 1.86 bits per heavy atom. The largest absolute Gasteiger partial charge is 0.573 e. The first-order chi connectivity index (χ1) is 13.5. The minimum Gasteiger partial charge on any atom is -0.405 e. The van der Waals surface area contributed by atoms with Crippen molar-refractivity contribution in [3.8, 4) is 17.1 Å². The van der Waals surface area contributed by atoms with E-state index in [4.69, 9.17) is 0 Å². The molecule has 1 aliphatic heterocycles. The van der Waals surface area contributed by atoms with Crippen molar-refractivity contribution < 1.29 is 17.9 Å². The van der Waals surface area contributed by atoms with Crippen LogP contribution in [-0.2, 0) is 19.5 Å². The number of hydrogen-bond donors (Lipinski definition) is 0. The molecule has 1 aromatic carbocycles. The van der Waals surface area contributed by atoms with Gasteiger partial charge in [0, 0.05) is 61.3 Å². The molecule has 4 rings (SSSR count). The Morgan fingerprint density at radius 3 is 2.64 bits per heavy atom. The molecule has 0 bridgehead atoms. The van der Waals surface area contributed by atoms with Crippen molar-refractivity contribution >= 4 is 0 Å². The Kier molecular flexibility index (Phi) is 4.95. The number of nitrogens with zero attached hydrogens (tertiary/aromatic N) is 4. The summed E-state index contributed by atoms with van der Waals surface area (Å²) in [5, 5.41) is 0. The van der Waals surface area contributed by atoms with Crippen LogP contribution in [0.4, 0.5) is 13.2 Å². The minimum absolute atomic E-state index is 0.162. The third kappa shape index (κ3) is 4.28. The summed E-state index contributed by atoms with van der Waals surface area (Å²) in [5.74, 6) is 0.489. The number of aromatic nitrogens is 3. The van der Waals surface area contributed by atoms with Gasteiger partial charge in [0.25, 0.3) is 0 Å². The van der Waals surface area contributed by atoms with Gasteiger partial charge >= 0.3 is 6.36 Å². The van der Waals surface area contributed by atoms with E-state index in [2.05, 4.69) is 24.6 Å². The average molecular weight is 386 g/mol. The fourth-order valence-electron chi connectivity index (χ4n) is 3.25. The van der Waals surface area contributed by atoms with E-state index in [0.29, 0.717) is 37.4 Å². The van der Waals surface area contributed by atoms with E-state index in [1.54, 1.807) is 30.7 Å². The Labute approximate surface area is 159 Å². The zero-order chi connectivity index (χ0) is 19.6. The summed E-state index contributed by atoms with van der Waals surface area (Å²) in [7, 11) is 0. The van der Waals surface area contributed by atoms with Gasteiger partial charge in [-0.15, -0.1) is 13.2 Å². The van der Waals surface area contributed by atoms with Crippen LogP contribution in [0, 0.1) is 0 Å². The predicted molar refractivity (Wildman–Crippen MR) is 96.2 cm³/mol. The zero-order valence-electron chi connectivity index (χ0n) is 14.9. The van der Waals surface area contributed by atoms with Gasteiger partial charge < -0.3 is 4.74 Å². The normalized spacial score (nSPS) is 14.5. The average Bonchev–Trinajstić information content (AvgIpc) is 2.69. The maximum Gasteiger partial charge on any atom is 0.573 e. The van der Waals surface area contributed by atoms with E-state index in [1.165, 1.54) is 12.1 Å². The third-order valence-corrected chi connectivity index (χ3v) is 4.54. The molecule has 0 saturated carbocycles. The third-order valence-electron chi connectivity index (χ3n) is 4.54. The van der Waals surface area contributed by atoms with Gasteiger partial charge in [-0.2, -0.15) is 0 Å². The highest BCUT2D eigenvalue weighted by Crippen LogP contribution is 2.28. The minimum atomic E-state index is -4.71. The summed E-state index contributed by atoms with van der Waals surface area (Å²) in [6, 6.07) is 9.94. The molecule has 0 atom stereocenters. The van der Waals surface area contributed by atoms with E-state index in [9.17, 15) is 13.2 Å². The summed E-state index contributed by atoms with van der Waals surface area (Å²) in [5.41, 5.74) is 3.35. The van der Waals surface area contributed by atoms with Gasteiger partial charge in [-0.05, 0) is 18.2 Å².